The minimum absolute atomic E-state index is 0.826. The number of halogens is 2. The van der Waals surface area contributed by atoms with Crippen molar-refractivity contribution in [2.45, 2.75) is 65.5 Å². The molecular weight excluding hydrogens is 599 g/mol. The Labute approximate surface area is 252 Å². The largest absolute Gasteiger partial charge is 0.168 e. The minimum atomic E-state index is -0.826. The SMILES string of the molecule is CCCCCCc1cc2c(-c3ccc(CC)cc3)cccc2[cH-]1.C[Si]C.[Cl][Zr+2][Cl].c1ccc2[cH-]ccc2c1. The summed E-state index contributed by atoms with van der Waals surface area (Å²) >= 11 is -0.826. The van der Waals surface area contributed by atoms with Gasteiger partial charge >= 0.3 is 37.9 Å². The predicted molar refractivity (Wildman–Crippen MR) is 171 cm³/mol. The monoisotopic (exact) mass is 636 g/mol. The average molecular weight is 639 g/mol. The molecule has 38 heavy (non-hydrogen) atoms. The number of hydrogen-bond donors (Lipinski definition) is 0. The number of rotatable bonds is 7. The smallest absolute Gasteiger partial charge is 0.0809 e. The zero-order valence-electron chi connectivity index (χ0n) is 23.2. The fourth-order valence-electron chi connectivity index (χ4n) is 4.44. The summed E-state index contributed by atoms with van der Waals surface area (Å²) in [6.07, 6.45) is 7.63. The second kappa shape index (κ2) is 19.6. The van der Waals surface area contributed by atoms with Crippen molar-refractivity contribution in [1.82, 2.24) is 0 Å². The van der Waals surface area contributed by atoms with Gasteiger partial charge < -0.3 is 0 Å². The van der Waals surface area contributed by atoms with Gasteiger partial charge in [0.05, 0.1) is 0 Å². The van der Waals surface area contributed by atoms with Gasteiger partial charge in [0, 0.05) is 9.52 Å². The summed E-state index contributed by atoms with van der Waals surface area (Å²) in [4.78, 5) is 0. The molecule has 0 amide bonds. The van der Waals surface area contributed by atoms with Crippen LogP contribution >= 0.6 is 17.0 Å². The van der Waals surface area contributed by atoms with Gasteiger partial charge in [-0.3, -0.25) is 0 Å². The molecule has 5 aromatic rings. The van der Waals surface area contributed by atoms with E-state index in [9.17, 15) is 0 Å². The van der Waals surface area contributed by atoms with E-state index in [1.165, 1.54) is 75.9 Å². The van der Waals surface area contributed by atoms with Crippen molar-refractivity contribution in [3.63, 3.8) is 0 Å². The van der Waals surface area contributed by atoms with Gasteiger partial charge in [-0.1, -0.05) is 94.6 Å². The normalized spacial score (nSPS) is 9.95. The molecule has 0 atom stereocenters. The Hall–Kier alpha value is -1.44. The van der Waals surface area contributed by atoms with Crippen molar-refractivity contribution in [2.24, 2.45) is 0 Å². The van der Waals surface area contributed by atoms with Gasteiger partial charge in [-0.05, 0) is 24.0 Å². The third kappa shape index (κ3) is 11.0. The molecule has 0 heterocycles. The predicted octanol–water partition coefficient (Wildman–Crippen LogP) is 11.6. The van der Waals surface area contributed by atoms with E-state index in [1.807, 2.05) is 0 Å². The third-order valence-electron chi connectivity index (χ3n) is 6.35. The van der Waals surface area contributed by atoms with Gasteiger partial charge in [0.1, 0.15) is 0 Å². The van der Waals surface area contributed by atoms with Crippen LogP contribution in [-0.2, 0) is 33.7 Å². The molecule has 5 rings (SSSR count). The van der Waals surface area contributed by atoms with Crippen LogP contribution in [0.25, 0.3) is 32.7 Å². The van der Waals surface area contributed by atoms with E-state index >= 15 is 0 Å². The maximum Gasteiger partial charge on any atom is -0.0809 e. The first-order valence-electron chi connectivity index (χ1n) is 13.5. The Morgan fingerprint density at radius 2 is 1.47 bits per heavy atom. The van der Waals surface area contributed by atoms with Crippen LogP contribution in [0.2, 0.25) is 13.1 Å². The molecule has 5 aromatic carbocycles. The Morgan fingerprint density at radius 1 is 0.789 bits per heavy atom. The van der Waals surface area contributed by atoms with Crippen molar-refractivity contribution < 1.29 is 20.8 Å². The standard InChI is InChI=1S/C23H27.C9H7.C2H6Si.2ClH.Zr/c1-3-5-6-7-9-19-16-21-10-8-11-22(23(21)17-19)20-14-12-18(4-2)13-15-20;1-2-5-9-7-3-6-8(9)4-1;1-3-2;;;/h8,10-17H,3-7,9H2,1-2H3;1-7H;1-2H3;2*1H;/q2*-1;;;;+4/p-2. The molecule has 0 aliphatic rings. The van der Waals surface area contributed by atoms with Gasteiger partial charge in [0.2, 0.25) is 0 Å². The number of fused-ring (bicyclic) bond motifs is 2. The van der Waals surface area contributed by atoms with Crippen LogP contribution in [-0.4, -0.2) is 9.52 Å². The van der Waals surface area contributed by atoms with E-state index in [4.69, 9.17) is 17.0 Å². The topological polar surface area (TPSA) is 0 Å². The van der Waals surface area contributed by atoms with Crippen molar-refractivity contribution in [2.75, 3.05) is 0 Å². The number of benzene rings is 3. The maximum absolute atomic E-state index is 4.93. The molecule has 0 unspecified atom stereocenters. The van der Waals surface area contributed by atoms with Gasteiger partial charge in [-0.25, -0.2) is 0 Å². The summed E-state index contributed by atoms with van der Waals surface area (Å²) in [5.41, 5.74) is 5.59. The van der Waals surface area contributed by atoms with Crippen molar-refractivity contribution >= 4 is 48.1 Å². The van der Waals surface area contributed by atoms with Gasteiger partial charge in [0.25, 0.3) is 0 Å². The molecule has 0 bridgehead atoms. The fraction of sp³-hybridized carbons (Fsp3) is 0.294. The molecule has 0 nitrogen and oxygen atoms in total. The van der Waals surface area contributed by atoms with E-state index in [0.717, 1.165) is 15.9 Å². The first-order valence-corrected chi connectivity index (χ1v) is 21.9. The molecule has 0 aromatic heterocycles. The van der Waals surface area contributed by atoms with Crippen LogP contribution in [0.4, 0.5) is 0 Å². The van der Waals surface area contributed by atoms with Crippen molar-refractivity contribution in [3.8, 4) is 11.1 Å². The molecule has 0 saturated carbocycles. The van der Waals surface area contributed by atoms with E-state index in [2.05, 4.69) is 124 Å². The van der Waals surface area contributed by atoms with Crippen molar-refractivity contribution in [3.05, 3.63) is 108 Å². The second-order valence-electron chi connectivity index (χ2n) is 9.26. The zero-order valence-corrected chi connectivity index (χ0v) is 28.2. The summed E-state index contributed by atoms with van der Waals surface area (Å²) in [6.45, 7) is 8.78. The van der Waals surface area contributed by atoms with Gasteiger partial charge in [0.15, 0.2) is 0 Å². The van der Waals surface area contributed by atoms with E-state index < -0.39 is 20.8 Å². The molecule has 2 radical (unpaired) electrons. The minimum Gasteiger partial charge on any atom is -0.168 e. The molecule has 0 N–H and O–H groups in total. The number of aryl methyl sites for hydroxylation is 2. The summed E-state index contributed by atoms with van der Waals surface area (Å²) in [5, 5.41) is 5.45. The van der Waals surface area contributed by atoms with Crippen LogP contribution in [0.15, 0.2) is 97.1 Å². The first-order chi connectivity index (χ1) is 18.6. The average Bonchev–Trinajstić information content (AvgIpc) is 3.59. The summed E-state index contributed by atoms with van der Waals surface area (Å²) in [5.74, 6) is 0. The molecule has 0 spiro atoms. The van der Waals surface area contributed by atoms with Crippen LogP contribution in [0.1, 0.15) is 50.7 Å². The van der Waals surface area contributed by atoms with Crippen LogP contribution in [0.3, 0.4) is 0 Å². The maximum atomic E-state index is 4.93. The number of hydrogen-bond acceptors (Lipinski definition) is 0. The molecule has 0 aliphatic carbocycles. The van der Waals surface area contributed by atoms with E-state index in [-0.39, 0.29) is 0 Å². The third-order valence-corrected chi connectivity index (χ3v) is 6.35. The Balaban J connectivity index is 0.000000276. The Bertz CT molecular complexity index is 1250. The van der Waals surface area contributed by atoms with E-state index in [0.29, 0.717) is 0 Å². The molecule has 0 aliphatic heterocycles. The Morgan fingerprint density at radius 3 is 2.13 bits per heavy atom. The van der Waals surface area contributed by atoms with E-state index in [1.54, 1.807) is 0 Å². The summed E-state index contributed by atoms with van der Waals surface area (Å²) < 4.78 is 0. The van der Waals surface area contributed by atoms with Crippen LogP contribution < -0.4 is 0 Å². The summed E-state index contributed by atoms with van der Waals surface area (Å²) in [6, 6.07) is 35.2. The summed E-state index contributed by atoms with van der Waals surface area (Å²) in [7, 11) is 11.0. The number of unbranched alkanes of at least 4 members (excludes halogenated alkanes) is 3. The second-order valence-corrected chi connectivity index (χ2v) is 14.0. The molecule has 198 valence electrons. The van der Waals surface area contributed by atoms with Crippen molar-refractivity contribution in [1.29, 1.82) is 0 Å². The van der Waals surface area contributed by atoms with Crippen LogP contribution in [0, 0.1) is 0 Å². The van der Waals surface area contributed by atoms with Gasteiger partial charge in [-0.15, -0.1) is 64.2 Å². The van der Waals surface area contributed by atoms with Gasteiger partial charge in [-0.2, -0.15) is 23.6 Å². The quantitative estimate of drug-likeness (QED) is 0.0945. The molecule has 0 fully saturated rings. The fourth-order valence-corrected chi connectivity index (χ4v) is 4.44. The zero-order chi connectivity index (χ0) is 27.6. The molecule has 4 heteroatoms. The molecule has 0 saturated heterocycles. The Kier molecular flexibility index (Phi) is 16.9. The van der Waals surface area contributed by atoms with Crippen LogP contribution in [0.5, 0.6) is 0 Å². The molecular formula is C34H40Cl2SiZr. The first kappa shape index (κ1) is 32.8.